The quantitative estimate of drug-likeness (QED) is 0.862. The smallest absolute Gasteiger partial charge is 0.254 e. The molecular weight excluding hydrogens is 323 g/mol. The van der Waals surface area contributed by atoms with Crippen molar-refractivity contribution in [3.8, 4) is 0 Å². The van der Waals surface area contributed by atoms with Gasteiger partial charge in [-0.2, -0.15) is 0 Å². The number of benzene rings is 1. The van der Waals surface area contributed by atoms with Crippen LogP contribution in [0.1, 0.15) is 30.6 Å². The Morgan fingerprint density at radius 1 is 1.23 bits per heavy atom. The van der Waals surface area contributed by atoms with Crippen LogP contribution < -0.4 is 10.6 Å². The van der Waals surface area contributed by atoms with Crippen molar-refractivity contribution >= 4 is 40.7 Å². The third kappa shape index (κ3) is 4.32. The summed E-state index contributed by atoms with van der Waals surface area (Å²) in [5.41, 5.74) is 1.13. The molecule has 1 atom stereocenters. The highest BCUT2D eigenvalue weighted by atomic mass is 35.5. The Morgan fingerprint density at radius 3 is 2.50 bits per heavy atom. The van der Waals surface area contributed by atoms with Crippen molar-refractivity contribution < 1.29 is 4.79 Å². The summed E-state index contributed by atoms with van der Waals surface area (Å²) in [5, 5.41) is 6.77. The van der Waals surface area contributed by atoms with Crippen molar-refractivity contribution in [3.05, 3.63) is 46.2 Å². The minimum Gasteiger partial charge on any atom is -0.350 e. The fourth-order valence-corrected chi connectivity index (χ4v) is 1.92. The fraction of sp³-hybridized carbons (Fsp3) is 0.267. The Morgan fingerprint density at radius 2 is 1.91 bits per heavy atom. The number of hydrogen-bond donors (Lipinski definition) is 2. The molecule has 2 rings (SSSR count). The summed E-state index contributed by atoms with van der Waals surface area (Å²) in [6.07, 6.45) is 3.82. The number of halogens is 2. The molecule has 0 aliphatic carbocycles. The van der Waals surface area contributed by atoms with E-state index in [0.29, 0.717) is 27.2 Å². The molecule has 0 saturated heterocycles. The number of nitrogens with one attached hydrogen (secondary N) is 2. The number of amides is 1. The van der Waals surface area contributed by atoms with Crippen molar-refractivity contribution in [1.82, 2.24) is 15.3 Å². The minimum absolute atomic E-state index is 0.113. The molecule has 5 nitrogen and oxygen atoms in total. The Labute approximate surface area is 139 Å². The normalized spacial score (nSPS) is 11.8. The molecule has 1 unspecified atom stereocenters. The lowest BCUT2D eigenvalue weighted by molar-refractivity contribution is 0.0938. The molecule has 1 heterocycles. The Hall–Kier alpha value is -1.85. The van der Waals surface area contributed by atoms with Crippen LogP contribution in [0.15, 0.2) is 30.6 Å². The van der Waals surface area contributed by atoms with Gasteiger partial charge in [0.15, 0.2) is 0 Å². The minimum atomic E-state index is -0.185. The average molecular weight is 339 g/mol. The highest BCUT2D eigenvalue weighted by Crippen LogP contribution is 2.26. The number of carbonyl (C=O) groups excluding carboxylic acids is 1. The first-order valence-corrected chi connectivity index (χ1v) is 7.60. The molecule has 1 aromatic heterocycles. The maximum Gasteiger partial charge on any atom is 0.254 e. The number of hydrogen-bond acceptors (Lipinski definition) is 4. The van der Waals surface area contributed by atoms with Crippen LogP contribution in [0.2, 0.25) is 10.0 Å². The molecule has 22 heavy (non-hydrogen) atoms. The second-order valence-electron chi connectivity index (χ2n) is 4.83. The van der Waals surface area contributed by atoms with Gasteiger partial charge in [-0.05, 0) is 31.5 Å². The zero-order valence-corrected chi connectivity index (χ0v) is 13.7. The lowest BCUT2D eigenvalue weighted by Gasteiger charge is -2.11. The summed E-state index contributed by atoms with van der Waals surface area (Å²) in [6, 6.07) is 5.24. The van der Waals surface area contributed by atoms with Gasteiger partial charge in [-0.3, -0.25) is 4.79 Å². The molecule has 0 saturated carbocycles. The molecular formula is C15H16Cl2N4O. The van der Waals surface area contributed by atoms with Crippen molar-refractivity contribution in [2.24, 2.45) is 0 Å². The van der Waals surface area contributed by atoms with Gasteiger partial charge in [0.05, 0.1) is 15.6 Å². The van der Waals surface area contributed by atoms with Crippen molar-refractivity contribution in [3.63, 3.8) is 0 Å². The van der Waals surface area contributed by atoms with Gasteiger partial charge in [0, 0.05) is 24.1 Å². The van der Waals surface area contributed by atoms with Crippen LogP contribution in [-0.4, -0.2) is 21.9 Å². The number of aromatic nitrogens is 2. The number of anilines is 2. The summed E-state index contributed by atoms with van der Waals surface area (Å²) >= 11 is 11.8. The van der Waals surface area contributed by atoms with E-state index in [1.807, 2.05) is 13.8 Å². The summed E-state index contributed by atoms with van der Waals surface area (Å²) in [6.45, 7) is 3.95. The summed E-state index contributed by atoms with van der Waals surface area (Å²) in [7, 11) is 0. The van der Waals surface area contributed by atoms with Gasteiger partial charge in [-0.1, -0.05) is 30.1 Å². The second kappa shape index (κ2) is 7.42. The number of rotatable bonds is 5. The van der Waals surface area contributed by atoms with Crippen LogP contribution in [0.4, 0.5) is 11.6 Å². The lowest BCUT2D eigenvalue weighted by atomic mass is 10.2. The van der Waals surface area contributed by atoms with Gasteiger partial charge in [-0.25, -0.2) is 9.97 Å². The molecule has 116 valence electrons. The lowest BCUT2D eigenvalue weighted by Crippen LogP contribution is -2.32. The topological polar surface area (TPSA) is 66.9 Å². The van der Waals surface area contributed by atoms with Crippen molar-refractivity contribution in [2.75, 3.05) is 5.32 Å². The van der Waals surface area contributed by atoms with Crippen molar-refractivity contribution in [1.29, 1.82) is 0 Å². The summed E-state index contributed by atoms with van der Waals surface area (Å²) in [4.78, 5) is 20.2. The predicted octanol–water partition coefficient (Wildman–Crippen LogP) is 4.06. The highest BCUT2D eigenvalue weighted by Gasteiger charge is 2.10. The molecule has 0 aliphatic heterocycles. The van der Waals surface area contributed by atoms with Gasteiger partial charge in [0.1, 0.15) is 0 Å². The first-order chi connectivity index (χ1) is 10.5. The SMILES string of the molecule is CCC(C)NC(=O)c1cnc(Nc2ccc(Cl)c(Cl)c2)nc1. The maximum absolute atomic E-state index is 11.9. The molecule has 1 amide bonds. The van der Waals surface area contributed by atoms with E-state index in [9.17, 15) is 4.79 Å². The third-order valence-corrected chi connectivity index (χ3v) is 3.82. The Bertz CT molecular complexity index is 661. The first kappa shape index (κ1) is 16.5. The summed E-state index contributed by atoms with van der Waals surface area (Å²) < 4.78 is 0. The van der Waals surface area contributed by atoms with E-state index in [1.165, 1.54) is 12.4 Å². The van der Waals surface area contributed by atoms with Gasteiger partial charge < -0.3 is 10.6 Å². The van der Waals surface area contributed by atoms with Crippen LogP contribution in [0.5, 0.6) is 0 Å². The molecule has 7 heteroatoms. The van der Waals surface area contributed by atoms with E-state index in [4.69, 9.17) is 23.2 Å². The molecule has 0 radical (unpaired) electrons. The standard InChI is InChI=1S/C15H16Cl2N4O/c1-3-9(2)20-14(22)10-7-18-15(19-8-10)21-11-4-5-12(16)13(17)6-11/h4-9H,3H2,1-2H3,(H,20,22)(H,18,19,21). The van der Waals surface area contributed by atoms with Gasteiger partial charge in [0.25, 0.3) is 5.91 Å². The van der Waals surface area contributed by atoms with E-state index in [-0.39, 0.29) is 11.9 Å². The maximum atomic E-state index is 11.9. The Kier molecular flexibility index (Phi) is 5.57. The largest absolute Gasteiger partial charge is 0.350 e. The molecule has 2 N–H and O–H groups in total. The van der Waals surface area contributed by atoms with Crippen molar-refractivity contribution in [2.45, 2.75) is 26.3 Å². The molecule has 0 aliphatic rings. The average Bonchev–Trinajstić information content (AvgIpc) is 2.51. The van der Waals surface area contributed by atoms with Crippen LogP contribution in [-0.2, 0) is 0 Å². The molecule has 0 bridgehead atoms. The van der Waals surface area contributed by atoms with Crippen LogP contribution >= 0.6 is 23.2 Å². The van der Waals surface area contributed by atoms with Crippen LogP contribution in [0.3, 0.4) is 0 Å². The van der Waals surface area contributed by atoms with Crippen LogP contribution in [0.25, 0.3) is 0 Å². The van der Waals surface area contributed by atoms with E-state index in [2.05, 4.69) is 20.6 Å². The summed E-state index contributed by atoms with van der Waals surface area (Å²) in [5.74, 6) is 0.189. The van der Waals surface area contributed by atoms with E-state index < -0.39 is 0 Å². The fourth-order valence-electron chi connectivity index (χ4n) is 1.62. The van der Waals surface area contributed by atoms with E-state index in [1.54, 1.807) is 18.2 Å². The predicted molar refractivity (Wildman–Crippen MR) is 89.0 cm³/mol. The third-order valence-electron chi connectivity index (χ3n) is 3.08. The van der Waals surface area contributed by atoms with Gasteiger partial charge in [-0.15, -0.1) is 0 Å². The zero-order valence-electron chi connectivity index (χ0n) is 12.2. The number of carbonyl (C=O) groups is 1. The number of nitrogens with zero attached hydrogens (tertiary/aromatic N) is 2. The molecule has 1 aromatic carbocycles. The van der Waals surface area contributed by atoms with Gasteiger partial charge in [0.2, 0.25) is 5.95 Å². The Balaban J connectivity index is 2.05. The monoisotopic (exact) mass is 338 g/mol. The molecule has 2 aromatic rings. The highest BCUT2D eigenvalue weighted by molar-refractivity contribution is 6.42. The molecule has 0 fully saturated rings. The van der Waals surface area contributed by atoms with Gasteiger partial charge >= 0.3 is 0 Å². The van der Waals surface area contributed by atoms with E-state index >= 15 is 0 Å². The van der Waals surface area contributed by atoms with Crippen LogP contribution in [0, 0.1) is 0 Å². The molecule has 0 spiro atoms. The first-order valence-electron chi connectivity index (χ1n) is 6.84. The second-order valence-corrected chi connectivity index (χ2v) is 5.65. The zero-order chi connectivity index (χ0) is 16.1. The van der Waals surface area contributed by atoms with E-state index in [0.717, 1.165) is 6.42 Å².